The molecule has 32 heavy (non-hydrogen) atoms. The van der Waals surface area contributed by atoms with Crippen molar-refractivity contribution < 1.29 is 9.72 Å². The second kappa shape index (κ2) is 8.93. The van der Waals surface area contributed by atoms with Crippen molar-refractivity contribution in [1.82, 2.24) is 9.97 Å². The topological polar surface area (TPSA) is 118 Å². The molecule has 0 saturated heterocycles. The zero-order valence-corrected chi connectivity index (χ0v) is 18.8. The van der Waals surface area contributed by atoms with E-state index >= 15 is 0 Å². The van der Waals surface area contributed by atoms with Crippen molar-refractivity contribution in [3.05, 3.63) is 79.4 Å². The molecule has 4 aromatic rings. The number of aryl methyl sites for hydroxylation is 2. The number of thiophene rings is 1. The molecule has 2 aromatic heterocycles. The molecular formula is C22H18N4O4S2. The minimum atomic E-state index is -0.514. The molecular weight excluding hydrogens is 448 g/mol. The van der Waals surface area contributed by atoms with Gasteiger partial charge in [-0.3, -0.25) is 19.7 Å². The Morgan fingerprint density at radius 1 is 1.22 bits per heavy atom. The number of hydrogen-bond acceptors (Lipinski definition) is 7. The van der Waals surface area contributed by atoms with Gasteiger partial charge >= 0.3 is 0 Å². The van der Waals surface area contributed by atoms with Gasteiger partial charge in [-0.05, 0) is 25.0 Å². The molecule has 0 aliphatic rings. The van der Waals surface area contributed by atoms with E-state index in [1.165, 1.54) is 23.5 Å². The lowest BCUT2D eigenvalue weighted by molar-refractivity contribution is -0.384. The molecule has 0 saturated carbocycles. The number of nitrogens with one attached hydrogen (secondary N) is 2. The third-order valence-corrected chi connectivity index (χ3v) is 6.58. The Morgan fingerprint density at radius 3 is 2.69 bits per heavy atom. The van der Waals surface area contributed by atoms with Crippen molar-refractivity contribution in [3.8, 4) is 11.1 Å². The van der Waals surface area contributed by atoms with Crippen LogP contribution in [0.25, 0.3) is 21.3 Å². The molecule has 0 aliphatic heterocycles. The number of non-ortho nitro benzene ring substituents is 1. The summed E-state index contributed by atoms with van der Waals surface area (Å²) in [6.07, 6.45) is 0. The first-order valence-corrected chi connectivity index (χ1v) is 11.4. The minimum Gasteiger partial charge on any atom is -0.325 e. The largest absolute Gasteiger partial charge is 0.325 e. The van der Waals surface area contributed by atoms with Crippen LogP contribution < -0.4 is 10.9 Å². The molecule has 0 atom stereocenters. The van der Waals surface area contributed by atoms with E-state index in [1.54, 1.807) is 13.0 Å². The number of aromatic nitrogens is 2. The average molecular weight is 467 g/mol. The highest BCUT2D eigenvalue weighted by molar-refractivity contribution is 7.99. The number of nitro groups is 1. The van der Waals surface area contributed by atoms with Gasteiger partial charge in [0.25, 0.3) is 11.2 Å². The Labute approximate surface area is 190 Å². The number of amides is 1. The van der Waals surface area contributed by atoms with Gasteiger partial charge in [-0.1, -0.05) is 47.7 Å². The van der Waals surface area contributed by atoms with E-state index in [2.05, 4.69) is 15.3 Å². The van der Waals surface area contributed by atoms with Crippen LogP contribution in [0.3, 0.4) is 0 Å². The van der Waals surface area contributed by atoms with Gasteiger partial charge in [0.1, 0.15) is 4.83 Å². The summed E-state index contributed by atoms with van der Waals surface area (Å²) in [5, 5.41) is 16.4. The monoisotopic (exact) mass is 466 g/mol. The van der Waals surface area contributed by atoms with Gasteiger partial charge in [-0.15, -0.1) is 11.3 Å². The lowest BCUT2D eigenvalue weighted by Gasteiger charge is -2.08. The lowest BCUT2D eigenvalue weighted by Crippen LogP contribution is -2.16. The van der Waals surface area contributed by atoms with Crippen molar-refractivity contribution >= 4 is 50.6 Å². The Balaban J connectivity index is 1.50. The summed E-state index contributed by atoms with van der Waals surface area (Å²) in [6, 6.07) is 12.2. The predicted molar refractivity (Wildman–Crippen MR) is 128 cm³/mol. The summed E-state index contributed by atoms with van der Waals surface area (Å²) in [7, 11) is 0. The molecule has 0 spiro atoms. The fraction of sp³-hybridized carbons (Fsp3) is 0.136. The quantitative estimate of drug-likeness (QED) is 0.180. The van der Waals surface area contributed by atoms with Crippen LogP contribution in [-0.4, -0.2) is 26.6 Å². The summed E-state index contributed by atoms with van der Waals surface area (Å²) in [5.41, 5.74) is 3.64. The van der Waals surface area contributed by atoms with E-state index in [9.17, 15) is 19.7 Å². The van der Waals surface area contributed by atoms with Crippen molar-refractivity contribution in [1.29, 1.82) is 0 Å². The Morgan fingerprint density at radius 2 is 1.97 bits per heavy atom. The van der Waals surface area contributed by atoms with E-state index < -0.39 is 4.92 Å². The summed E-state index contributed by atoms with van der Waals surface area (Å²) >= 11 is 2.47. The molecule has 2 heterocycles. The number of carbonyl (C=O) groups is 1. The van der Waals surface area contributed by atoms with Crippen LogP contribution in [0.15, 0.2) is 57.8 Å². The zero-order valence-electron chi connectivity index (χ0n) is 17.2. The molecule has 4 rings (SSSR count). The summed E-state index contributed by atoms with van der Waals surface area (Å²) in [4.78, 5) is 43.4. The lowest BCUT2D eigenvalue weighted by atomic mass is 10.1. The maximum absolute atomic E-state index is 12.7. The van der Waals surface area contributed by atoms with Crippen LogP contribution in [-0.2, 0) is 4.79 Å². The fourth-order valence-corrected chi connectivity index (χ4v) is 4.79. The molecule has 162 valence electrons. The predicted octanol–water partition coefficient (Wildman–Crippen LogP) is 4.91. The van der Waals surface area contributed by atoms with Crippen LogP contribution in [0.5, 0.6) is 0 Å². The molecule has 2 aromatic carbocycles. The molecule has 0 fully saturated rings. The number of carbonyl (C=O) groups excluding carboxylic acids is 1. The van der Waals surface area contributed by atoms with Crippen LogP contribution in [0.1, 0.15) is 11.1 Å². The first-order chi connectivity index (χ1) is 15.3. The summed E-state index contributed by atoms with van der Waals surface area (Å²) in [6.45, 7) is 3.76. The molecule has 0 bridgehead atoms. The Hall–Kier alpha value is -3.50. The van der Waals surface area contributed by atoms with Gasteiger partial charge < -0.3 is 10.3 Å². The average Bonchev–Trinajstić information content (AvgIpc) is 3.19. The molecule has 0 aliphatic carbocycles. The second-order valence-corrected chi connectivity index (χ2v) is 8.98. The van der Waals surface area contributed by atoms with Crippen LogP contribution in [0.4, 0.5) is 11.4 Å². The minimum absolute atomic E-state index is 0.00717. The van der Waals surface area contributed by atoms with Crippen molar-refractivity contribution in [2.45, 2.75) is 19.0 Å². The highest BCUT2D eigenvalue weighted by atomic mass is 32.2. The number of thioether (sulfide) groups is 1. The third kappa shape index (κ3) is 4.56. The Bertz CT molecular complexity index is 1390. The number of nitro benzene ring substituents is 1. The number of aromatic amines is 1. The van der Waals surface area contributed by atoms with E-state index in [1.807, 2.05) is 36.6 Å². The van der Waals surface area contributed by atoms with Crippen molar-refractivity contribution in [2.75, 3.05) is 11.1 Å². The van der Waals surface area contributed by atoms with Crippen molar-refractivity contribution in [2.24, 2.45) is 0 Å². The number of hydrogen-bond donors (Lipinski definition) is 2. The third-order valence-electron chi connectivity index (χ3n) is 4.83. The first kappa shape index (κ1) is 21.7. The number of benzene rings is 2. The maximum atomic E-state index is 12.7. The van der Waals surface area contributed by atoms with E-state index in [0.29, 0.717) is 26.6 Å². The number of anilines is 1. The number of rotatable bonds is 6. The number of fused-ring (bicyclic) bond motifs is 1. The van der Waals surface area contributed by atoms with Crippen molar-refractivity contribution in [3.63, 3.8) is 0 Å². The molecule has 2 N–H and O–H groups in total. The van der Waals surface area contributed by atoms with Gasteiger partial charge in [0, 0.05) is 23.1 Å². The van der Waals surface area contributed by atoms with E-state index in [4.69, 9.17) is 0 Å². The van der Waals surface area contributed by atoms with Crippen LogP contribution >= 0.6 is 23.1 Å². The van der Waals surface area contributed by atoms with Gasteiger partial charge in [-0.2, -0.15) is 0 Å². The van der Waals surface area contributed by atoms with Gasteiger partial charge in [0.15, 0.2) is 5.16 Å². The van der Waals surface area contributed by atoms with Gasteiger partial charge in [0.05, 0.1) is 21.7 Å². The smallest absolute Gasteiger partial charge is 0.271 e. The molecule has 10 heteroatoms. The number of nitrogens with zero attached hydrogens (tertiary/aromatic N) is 2. The standard InChI is InChI=1S/C22H18N4O4S2/c1-12-3-6-14(7-4-12)16-10-31-21-19(16)20(28)24-22(25-21)32-11-18(27)23-17-9-15(26(29)30)8-5-13(17)2/h3-10H,11H2,1-2H3,(H,23,27)(H,24,25,28). The van der Waals surface area contributed by atoms with Crippen LogP contribution in [0, 0.1) is 24.0 Å². The molecule has 1 amide bonds. The van der Waals surface area contributed by atoms with Crippen LogP contribution in [0.2, 0.25) is 0 Å². The maximum Gasteiger partial charge on any atom is 0.271 e. The summed E-state index contributed by atoms with van der Waals surface area (Å²) < 4.78 is 0. The molecule has 0 unspecified atom stereocenters. The van der Waals surface area contributed by atoms with E-state index in [-0.39, 0.29) is 22.9 Å². The highest BCUT2D eigenvalue weighted by Crippen LogP contribution is 2.31. The summed E-state index contributed by atoms with van der Waals surface area (Å²) in [5.74, 6) is -0.361. The zero-order chi connectivity index (χ0) is 22.8. The SMILES string of the molecule is Cc1ccc(-c2csc3nc(SCC(=O)Nc4cc([N+](=O)[O-])ccc4C)[nH]c(=O)c23)cc1. The van der Waals surface area contributed by atoms with Gasteiger partial charge in [0.2, 0.25) is 5.91 Å². The normalized spacial score (nSPS) is 10.9. The number of H-pyrrole nitrogens is 1. The molecule has 8 nitrogen and oxygen atoms in total. The molecule has 0 radical (unpaired) electrons. The Kier molecular flexibility index (Phi) is 6.06. The fourth-order valence-electron chi connectivity index (χ4n) is 3.12. The van der Waals surface area contributed by atoms with E-state index in [0.717, 1.165) is 28.5 Å². The first-order valence-electron chi connectivity index (χ1n) is 9.58. The van der Waals surface area contributed by atoms with Gasteiger partial charge in [-0.25, -0.2) is 4.98 Å². The second-order valence-electron chi connectivity index (χ2n) is 7.16. The highest BCUT2D eigenvalue weighted by Gasteiger charge is 2.15.